The van der Waals surface area contributed by atoms with Gasteiger partial charge in [-0.05, 0) is 57.0 Å². The van der Waals surface area contributed by atoms with Gasteiger partial charge in [0.1, 0.15) is 35.7 Å². The molecule has 1 aliphatic rings. The van der Waals surface area contributed by atoms with Crippen LogP contribution in [0.3, 0.4) is 0 Å². The molecule has 0 saturated carbocycles. The monoisotopic (exact) mass is 577 g/mol. The number of nitrogen functional groups attached to an aromatic ring is 1. The summed E-state index contributed by atoms with van der Waals surface area (Å²) in [6.45, 7) is 9.97. The lowest BCUT2D eigenvalue weighted by Gasteiger charge is -2.24. The van der Waals surface area contributed by atoms with Crippen LogP contribution in [-0.4, -0.2) is 55.0 Å². The van der Waals surface area contributed by atoms with Gasteiger partial charge in [0.2, 0.25) is 5.91 Å². The maximum absolute atomic E-state index is 14.0. The normalized spacial score (nSPS) is 16.8. The van der Waals surface area contributed by atoms with Crippen molar-refractivity contribution >= 4 is 34.9 Å². The van der Waals surface area contributed by atoms with Gasteiger partial charge in [-0.25, -0.2) is 14.8 Å². The molecule has 42 heavy (non-hydrogen) atoms. The molecule has 0 bridgehead atoms. The molecule has 2 amide bonds. The highest BCUT2D eigenvalue weighted by Gasteiger charge is 2.37. The first-order valence-corrected chi connectivity index (χ1v) is 13.8. The molecule has 2 heterocycles. The highest BCUT2D eigenvalue weighted by molar-refractivity contribution is 6.04. The third-order valence-electron chi connectivity index (χ3n) is 7.04. The van der Waals surface area contributed by atoms with Gasteiger partial charge in [-0.3, -0.25) is 15.0 Å². The zero-order valence-electron chi connectivity index (χ0n) is 25.2. The second-order valence-corrected chi connectivity index (χ2v) is 11.2. The van der Waals surface area contributed by atoms with Crippen LogP contribution in [0.15, 0.2) is 42.7 Å². The largest absolute Gasteiger partial charge is 0.496 e. The summed E-state index contributed by atoms with van der Waals surface area (Å²) in [4.78, 5) is 37.2. The first-order chi connectivity index (χ1) is 19.9. The number of benzene rings is 2. The lowest BCUT2D eigenvalue weighted by Crippen LogP contribution is -2.28. The van der Waals surface area contributed by atoms with Crippen molar-refractivity contribution in [1.29, 1.82) is 0 Å². The molecule has 11 heteroatoms. The predicted molar refractivity (Wildman–Crippen MR) is 161 cm³/mol. The Morgan fingerprint density at radius 3 is 2.55 bits per heavy atom. The highest BCUT2D eigenvalue weighted by atomic mass is 16.6. The van der Waals surface area contributed by atoms with Crippen LogP contribution in [-0.2, 0) is 14.3 Å². The van der Waals surface area contributed by atoms with Crippen LogP contribution in [0.25, 0.3) is 0 Å². The molecule has 0 spiro atoms. The van der Waals surface area contributed by atoms with E-state index in [9.17, 15) is 9.59 Å². The van der Waals surface area contributed by atoms with Crippen LogP contribution < -0.4 is 25.4 Å². The maximum Gasteiger partial charge on any atom is 0.412 e. The second kappa shape index (κ2) is 12.6. The van der Waals surface area contributed by atoms with E-state index in [-0.39, 0.29) is 36.6 Å². The fourth-order valence-corrected chi connectivity index (χ4v) is 5.02. The number of hydrogen-bond donors (Lipinski definition) is 2. The molecule has 1 aromatic heterocycles. The summed E-state index contributed by atoms with van der Waals surface area (Å²) in [7, 11) is 3.17. The van der Waals surface area contributed by atoms with Crippen LogP contribution in [0.1, 0.15) is 62.8 Å². The van der Waals surface area contributed by atoms with Gasteiger partial charge >= 0.3 is 6.09 Å². The molecule has 0 radical (unpaired) electrons. The fraction of sp³-hybridized carbons (Fsp3) is 0.419. The molecular weight excluding hydrogens is 538 g/mol. The molecule has 0 saturated heterocycles. The van der Waals surface area contributed by atoms with Crippen molar-refractivity contribution in [1.82, 2.24) is 9.97 Å². The van der Waals surface area contributed by atoms with Crippen LogP contribution in [0.5, 0.6) is 11.5 Å². The Morgan fingerprint density at radius 2 is 1.86 bits per heavy atom. The third kappa shape index (κ3) is 6.73. The van der Waals surface area contributed by atoms with E-state index in [0.717, 1.165) is 11.1 Å². The average Bonchev–Trinajstić information content (AvgIpc) is 3.03. The van der Waals surface area contributed by atoms with E-state index in [4.69, 9.17) is 24.7 Å². The number of methoxy groups -OCH3 is 2. The summed E-state index contributed by atoms with van der Waals surface area (Å²) in [5, 5.41) is 2.81. The Hall–Kier alpha value is -4.38. The van der Waals surface area contributed by atoms with E-state index >= 15 is 0 Å². The molecule has 1 aliphatic heterocycles. The number of hydrogen-bond acceptors (Lipinski definition) is 9. The number of nitrogens with one attached hydrogen (secondary N) is 1. The molecular formula is C31H39N5O6. The SMILES string of the molecule is COCCOc1ccc(C2CC(=O)N(c3ccc(C)c(OC)c3)c3c(N)ncnc3C2C)cc1NC(=O)OC(C)(C)C. The van der Waals surface area contributed by atoms with Crippen molar-refractivity contribution in [2.45, 2.75) is 58.5 Å². The molecule has 2 atom stereocenters. The summed E-state index contributed by atoms with van der Waals surface area (Å²) < 4.78 is 22.0. The van der Waals surface area contributed by atoms with E-state index in [2.05, 4.69) is 15.3 Å². The zero-order valence-corrected chi connectivity index (χ0v) is 25.2. The Kier molecular flexibility index (Phi) is 9.20. The van der Waals surface area contributed by atoms with Gasteiger partial charge in [0.15, 0.2) is 5.82 Å². The molecule has 4 rings (SSSR count). The third-order valence-corrected chi connectivity index (χ3v) is 7.04. The van der Waals surface area contributed by atoms with Gasteiger partial charge in [0.25, 0.3) is 0 Å². The van der Waals surface area contributed by atoms with Crippen molar-refractivity contribution in [3.63, 3.8) is 0 Å². The summed E-state index contributed by atoms with van der Waals surface area (Å²) in [5.74, 6) is 0.577. The first kappa shape index (κ1) is 30.6. The topological polar surface area (TPSA) is 138 Å². The van der Waals surface area contributed by atoms with E-state index < -0.39 is 11.7 Å². The molecule has 2 aromatic carbocycles. The van der Waals surface area contributed by atoms with Gasteiger partial charge in [-0.15, -0.1) is 0 Å². The number of amides is 2. The van der Waals surface area contributed by atoms with Gasteiger partial charge in [-0.1, -0.05) is 19.1 Å². The molecule has 0 fully saturated rings. The summed E-state index contributed by atoms with van der Waals surface area (Å²) in [6, 6.07) is 11.0. The quantitative estimate of drug-likeness (QED) is 0.323. The van der Waals surface area contributed by atoms with Gasteiger partial charge < -0.3 is 24.7 Å². The Balaban J connectivity index is 1.78. The number of nitrogens with two attached hydrogens (primary N) is 1. The number of aromatic nitrogens is 2. The number of carbonyl (C=O) groups is 2. The zero-order chi connectivity index (χ0) is 30.6. The van der Waals surface area contributed by atoms with E-state index in [1.165, 1.54) is 6.33 Å². The minimum atomic E-state index is -0.688. The number of rotatable bonds is 8. The van der Waals surface area contributed by atoms with Crippen LogP contribution in [0, 0.1) is 6.92 Å². The lowest BCUT2D eigenvalue weighted by atomic mass is 9.82. The summed E-state index contributed by atoms with van der Waals surface area (Å²) in [5.41, 5.74) is 9.57. The summed E-state index contributed by atoms with van der Waals surface area (Å²) >= 11 is 0. The van der Waals surface area contributed by atoms with E-state index in [1.54, 1.807) is 46.0 Å². The van der Waals surface area contributed by atoms with Gasteiger partial charge in [0.05, 0.1) is 30.8 Å². The van der Waals surface area contributed by atoms with Gasteiger partial charge in [-0.2, -0.15) is 0 Å². The smallest absolute Gasteiger partial charge is 0.412 e. The van der Waals surface area contributed by atoms with E-state index in [1.807, 2.05) is 44.2 Å². The Morgan fingerprint density at radius 1 is 1.10 bits per heavy atom. The van der Waals surface area contributed by atoms with Crippen molar-refractivity contribution in [3.8, 4) is 11.5 Å². The average molecular weight is 578 g/mol. The van der Waals surface area contributed by atoms with E-state index in [0.29, 0.717) is 40.9 Å². The van der Waals surface area contributed by atoms with Crippen LogP contribution in [0.2, 0.25) is 0 Å². The highest BCUT2D eigenvalue weighted by Crippen LogP contribution is 2.47. The van der Waals surface area contributed by atoms with Crippen molar-refractivity contribution < 1.29 is 28.5 Å². The number of nitrogens with zero attached hydrogens (tertiary/aromatic N) is 3. The molecule has 2 unspecified atom stereocenters. The minimum Gasteiger partial charge on any atom is -0.496 e. The Labute approximate surface area is 246 Å². The number of carbonyl (C=O) groups excluding carboxylic acids is 2. The van der Waals surface area contributed by atoms with Crippen molar-refractivity contribution in [2.75, 3.05) is 43.4 Å². The van der Waals surface area contributed by atoms with Crippen LogP contribution >= 0.6 is 0 Å². The lowest BCUT2D eigenvalue weighted by molar-refractivity contribution is -0.118. The Bertz CT molecular complexity index is 1450. The number of aryl methyl sites for hydroxylation is 1. The number of anilines is 4. The maximum atomic E-state index is 14.0. The molecule has 224 valence electrons. The standard InChI is InChI=1S/C31H39N5O6/c1-18-8-10-21(15-25(18)40-7)36-26(37)16-22(19(2)27-28(36)29(32)34-17-33-27)20-9-11-24(41-13-12-39-6)23(14-20)35-30(38)42-31(3,4)5/h8-11,14-15,17,19,22H,12-13,16H2,1-7H3,(H,35,38)(H2,32,33,34). The van der Waals surface area contributed by atoms with Crippen molar-refractivity contribution in [2.24, 2.45) is 0 Å². The number of fused-ring (bicyclic) bond motifs is 1. The first-order valence-electron chi connectivity index (χ1n) is 13.8. The molecule has 3 aromatic rings. The van der Waals surface area contributed by atoms with Crippen LogP contribution in [0.4, 0.5) is 27.7 Å². The van der Waals surface area contributed by atoms with Crippen molar-refractivity contribution in [3.05, 3.63) is 59.5 Å². The summed E-state index contributed by atoms with van der Waals surface area (Å²) in [6.07, 6.45) is 0.933. The second-order valence-electron chi connectivity index (χ2n) is 11.2. The molecule has 11 nitrogen and oxygen atoms in total. The minimum absolute atomic E-state index is 0.142. The van der Waals surface area contributed by atoms with Gasteiger partial charge in [0, 0.05) is 31.4 Å². The fourth-order valence-electron chi connectivity index (χ4n) is 5.02. The predicted octanol–water partition coefficient (Wildman–Crippen LogP) is 5.70. The number of ether oxygens (including phenoxy) is 4. The molecule has 0 aliphatic carbocycles. The molecule has 3 N–H and O–H groups in total.